The Bertz CT molecular complexity index is 567. The molecule has 0 saturated heterocycles. The monoisotopic (exact) mass is 368 g/mol. The molecule has 5 nitrogen and oxygen atoms in total. The van der Waals surface area contributed by atoms with Gasteiger partial charge in [-0.1, -0.05) is 19.4 Å². The van der Waals surface area contributed by atoms with Gasteiger partial charge in [-0.15, -0.1) is 12.4 Å². The van der Waals surface area contributed by atoms with Crippen LogP contribution < -0.4 is 10.6 Å². The lowest BCUT2D eigenvalue weighted by Crippen LogP contribution is -2.47. The lowest BCUT2D eigenvalue weighted by molar-refractivity contribution is -0.140. The Kier molecular flexibility index (Phi) is 8.77. The third-order valence-electron chi connectivity index (χ3n) is 3.18. The van der Waals surface area contributed by atoms with Gasteiger partial charge in [0.1, 0.15) is 6.04 Å². The normalized spacial score (nSPS) is 13.5. The van der Waals surface area contributed by atoms with Crippen molar-refractivity contribution in [2.24, 2.45) is 0 Å². The first-order valence-corrected chi connectivity index (χ1v) is 7.12. The predicted octanol–water partition coefficient (Wildman–Crippen LogP) is 3.30. The van der Waals surface area contributed by atoms with Gasteiger partial charge in [-0.05, 0) is 31.5 Å². The van der Waals surface area contributed by atoms with Crippen LogP contribution in [0.2, 0.25) is 0 Å². The summed E-state index contributed by atoms with van der Waals surface area (Å²) < 4.78 is 37.9. The Hall–Kier alpha value is -1.80. The van der Waals surface area contributed by atoms with E-state index in [1.54, 1.807) is 0 Å². The fourth-order valence-electron chi connectivity index (χ4n) is 1.97. The number of nitrogens with one attached hydrogen (secondary N) is 2. The van der Waals surface area contributed by atoms with Gasteiger partial charge in [0.25, 0.3) is 0 Å². The molecule has 1 aromatic rings. The number of amides is 1. The van der Waals surface area contributed by atoms with Crippen LogP contribution in [0.25, 0.3) is 0 Å². The number of benzene rings is 1. The Morgan fingerprint density at radius 2 is 1.92 bits per heavy atom. The highest BCUT2D eigenvalue weighted by Crippen LogP contribution is 2.30. The van der Waals surface area contributed by atoms with Gasteiger partial charge in [-0.25, -0.2) is 0 Å². The highest BCUT2D eigenvalue weighted by molar-refractivity contribution is 5.95. The van der Waals surface area contributed by atoms with E-state index in [1.807, 2.05) is 6.92 Å². The van der Waals surface area contributed by atoms with Crippen molar-refractivity contribution in [3.63, 3.8) is 0 Å². The summed E-state index contributed by atoms with van der Waals surface area (Å²) in [7, 11) is 0. The number of carboxylic acid groups (broad SMARTS) is 1. The zero-order valence-corrected chi connectivity index (χ0v) is 14.0. The quantitative estimate of drug-likeness (QED) is 0.690. The van der Waals surface area contributed by atoms with Crippen LogP contribution >= 0.6 is 12.4 Å². The van der Waals surface area contributed by atoms with E-state index in [0.29, 0.717) is 12.8 Å². The van der Waals surface area contributed by atoms with Gasteiger partial charge in [-0.2, -0.15) is 13.2 Å². The molecule has 0 radical (unpaired) electrons. The van der Waals surface area contributed by atoms with E-state index >= 15 is 0 Å². The smallest absolute Gasteiger partial charge is 0.416 e. The molecular formula is C15H20ClF3N2O3. The molecule has 24 heavy (non-hydrogen) atoms. The number of carbonyl (C=O) groups is 2. The second kappa shape index (κ2) is 9.48. The molecule has 0 aliphatic carbocycles. The van der Waals surface area contributed by atoms with Crippen molar-refractivity contribution in [3.8, 4) is 0 Å². The van der Waals surface area contributed by atoms with Gasteiger partial charge in [0.05, 0.1) is 11.6 Å². The number of halogens is 4. The maximum Gasteiger partial charge on any atom is 0.416 e. The number of alkyl halides is 3. The first-order valence-electron chi connectivity index (χ1n) is 7.12. The number of hydrogen-bond acceptors (Lipinski definition) is 3. The molecule has 0 bridgehead atoms. The molecule has 2 unspecified atom stereocenters. The van der Waals surface area contributed by atoms with Crippen LogP contribution in [0.5, 0.6) is 0 Å². The molecule has 9 heteroatoms. The summed E-state index contributed by atoms with van der Waals surface area (Å²) in [5, 5.41) is 14.0. The molecule has 1 rings (SSSR count). The van der Waals surface area contributed by atoms with Crippen molar-refractivity contribution in [2.75, 3.05) is 5.32 Å². The molecule has 1 amide bonds. The van der Waals surface area contributed by atoms with E-state index in [9.17, 15) is 22.8 Å². The number of carboxylic acids is 1. The molecule has 0 spiro atoms. The lowest BCUT2D eigenvalue weighted by atomic mass is 10.1. The van der Waals surface area contributed by atoms with Gasteiger partial charge >= 0.3 is 12.1 Å². The maximum atomic E-state index is 12.6. The number of carbonyl (C=O) groups excluding carboxylic acids is 1. The van der Waals surface area contributed by atoms with Crippen LogP contribution in [0.4, 0.5) is 18.9 Å². The molecular weight excluding hydrogens is 349 g/mol. The van der Waals surface area contributed by atoms with E-state index in [1.165, 1.54) is 19.1 Å². The van der Waals surface area contributed by atoms with Crippen molar-refractivity contribution < 1.29 is 27.9 Å². The van der Waals surface area contributed by atoms with Crippen LogP contribution in [-0.2, 0) is 15.8 Å². The highest BCUT2D eigenvalue weighted by Gasteiger charge is 2.30. The van der Waals surface area contributed by atoms with E-state index < -0.39 is 35.7 Å². The zero-order chi connectivity index (χ0) is 17.6. The molecule has 0 aliphatic rings. The summed E-state index contributed by atoms with van der Waals surface area (Å²) in [5.41, 5.74) is -0.869. The molecule has 3 N–H and O–H groups in total. The van der Waals surface area contributed by atoms with E-state index in [0.717, 1.165) is 12.1 Å². The summed E-state index contributed by atoms with van der Waals surface area (Å²) in [5.74, 6) is -1.68. The largest absolute Gasteiger partial charge is 0.480 e. The number of aliphatic carboxylic acids is 1. The van der Waals surface area contributed by atoms with Crippen molar-refractivity contribution in [3.05, 3.63) is 29.8 Å². The van der Waals surface area contributed by atoms with Crippen LogP contribution in [0.1, 0.15) is 32.3 Å². The van der Waals surface area contributed by atoms with Crippen LogP contribution in [-0.4, -0.2) is 29.1 Å². The Labute approximate surface area is 144 Å². The van der Waals surface area contributed by atoms with Gasteiger partial charge in [-0.3, -0.25) is 14.9 Å². The third-order valence-corrected chi connectivity index (χ3v) is 3.18. The summed E-state index contributed by atoms with van der Waals surface area (Å²) in [6.07, 6.45) is -3.54. The predicted molar refractivity (Wildman–Crippen MR) is 86.3 cm³/mol. The first-order chi connectivity index (χ1) is 10.6. The van der Waals surface area contributed by atoms with Crippen molar-refractivity contribution in [2.45, 2.75) is 44.9 Å². The molecule has 136 valence electrons. The molecule has 0 aliphatic heterocycles. The number of rotatable bonds is 7. The molecule has 0 aromatic heterocycles. The fraction of sp³-hybridized carbons (Fsp3) is 0.467. The minimum Gasteiger partial charge on any atom is -0.480 e. The lowest BCUT2D eigenvalue weighted by Gasteiger charge is -2.19. The molecule has 0 fully saturated rings. The SMILES string of the molecule is CCCC(NC(C)C(=O)Nc1cccc(C(F)(F)F)c1)C(=O)O.Cl. The molecule has 1 aromatic carbocycles. The summed E-state index contributed by atoms with van der Waals surface area (Å²) in [4.78, 5) is 23.0. The standard InChI is InChI=1S/C15H19F3N2O3.ClH/c1-3-5-12(14(22)23)19-9(2)13(21)20-11-7-4-6-10(8-11)15(16,17)18;/h4,6-9,12,19H,3,5H2,1-2H3,(H,20,21)(H,22,23);1H. The minimum absolute atomic E-state index is 0. The third kappa shape index (κ3) is 6.76. The van der Waals surface area contributed by atoms with Crippen LogP contribution in [0, 0.1) is 0 Å². The highest BCUT2D eigenvalue weighted by atomic mass is 35.5. The summed E-state index contributed by atoms with van der Waals surface area (Å²) in [6.45, 7) is 3.26. The number of anilines is 1. The van der Waals surface area contributed by atoms with Crippen molar-refractivity contribution in [1.82, 2.24) is 5.32 Å². The summed E-state index contributed by atoms with van der Waals surface area (Å²) >= 11 is 0. The number of hydrogen-bond donors (Lipinski definition) is 3. The van der Waals surface area contributed by atoms with E-state index in [4.69, 9.17) is 5.11 Å². The Morgan fingerprint density at radius 1 is 1.29 bits per heavy atom. The average molecular weight is 369 g/mol. The molecule has 0 saturated carbocycles. The zero-order valence-electron chi connectivity index (χ0n) is 13.2. The van der Waals surface area contributed by atoms with Crippen LogP contribution in [0.15, 0.2) is 24.3 Å². The Morgan fingerprint density at radius 3 is 2.42 bits per heavy atom. The minimum atomic E-state index is -4.50. The topological polar surface area (TPSA) is 78.4 Å². The van der Waals surface area contributed by atoms with Crippen molar-refractivity contribution >= 4 is 30.0 Å². The second-order valence-electron chi connectivity index (χ2n) is 5.14. The fourth-order valence-corrected chi connectivity index (χ4v) is 1.97. The summed E-state index contributed by atoms with van der Waals surface area (Å²) in [6, 6.07) is 2.50. The first kappa shape index (κ1) is 22.2. The van der Waals surface area contributed by atoms with E-state index in [-0.39, 0.29) is 18.1 Å². The van der Waals surface area contributed by atoms with Gasteiger partial charge in [0.15, 0.2) is 0 Å². The molecule has 2 atom stereocenters. The van der Waals surface area contributed by atoms with E-state index in [2.05, 4.69) is 10.6 Å². The molecule has 0 heterocycles. The second-order valence-corrected chi connectivity index (χ2v) is 5.14. The average Bonchev–Trinajstić information content (AvgIpc) is 2.45. The van der Waals surface area contributed by atoms with Gasteiger partial charge in [0.2, 0.25) is 5.91 Å². The maximum absolute atomic E-state index is 12.6. The van der Waals surface area contributed by atoms with Gasteiger partial charge in [0, 0.05) is 5.69 Å². The van der Waals surface area contributed by atoms with Crippen molar-refractivity contribution in [1.29, 1.82) is 0 Å². The van der Waals surface area contributed by atoms with Gasteiger partial charge < -0.3 is 10.4 Å². The van der Waals surface area contributed by atoms with Crippen LogP contribution in [0.3, 0.4) is 0 Å². The Balaban J connectivity index is 0.00000529.